The number of carbonyl (C=O) groups is 2. The number of hydrogen-bond acceptors (Lipinski definition) is 2. The molecule has 1 aliphatic heterocycles. The minimum atomic E-state index is -0.891. The number of carboxylic acids is 1. The molecule has 1 saturated carbocycles. The van der Waals surface area contributed by atoms with Crippen molar-refractivity contribution in [3.8, 4) is 0 Å². The molecule has 3 rings (SSSR count). The van der Waals surface area contributed by atoms with Crippen LogP contribution >= 0.6 is 0 Å². The predicted molar refractivity (Wildman–Crippen MR) is 64.8 cm³/mol. The molecule has 2 atom stereocenters. The van der Waals surface area contributed by atoms with Gasteiger partial charge in [0.05, 0.1) is 11.8 Å². The number of rotatable bonds is 2. The highest BCUT2D eigenvalue weighted by molar-refractivity contribution is 5.89. The van der Waals surface area contributed by atoms with Gasteiger partial charge in [0.15, 0.2) is 0 Å². The molecule has 1 N–H and O–H groups in total. The highest BCUT2D eigenvalue weighted by atomic mass is 19.1. The normalized spacial score (nSPS) is 24.8. The number of fused-ring (bicyclic) bond motifs is 1. The Balaban J connectivity index is 1.71. The van der Waals surface area contributed by atoms with Gasteiger partial charge in [-0.1, -0.05) is 6.07 Å². The summed E-state index contributed by atoms with van der Waals surface area (Å²) in [5, 5.41) is 8.85. The van der Waals surface area contributed by atoms with Crippen molar-refractivity contribution in [1.29, 1.82) is 0 Å². The van der Waals surface area contributed by atoms with Crippen molar-refractivity contribution in [2.45, 2.75) is 19.4 Å². The smallest absolute Gasteiger partial charge is 0.307 e. The third-order valence-corrected chi connectivity index (χ3v) is 3.92. The summed E-state index contributed by atoms with van der Waals surface area (Å²) >= 11 is 0. The van der Waals surface area contributed by atoms with E-state index in [1.165, 1.54) is 12.1 Å². The number of benzene rings is 1. The molecule has 0 aromatic heterocycles. The molecule has 100 valence electrons. The summed E-state index contributed by atoms with van der Waals surface area (Å²) in [5.74, 6) is -2.10. The van der Waals surface area contributed by atoms with Crippen LogP contribution < -0.4 is 0 Å². The molecule has 1 fully saturated rings. The van der Waals surface area contributed by atoms with Crippen molar-refractivity contribution in [2.24, 2.45) is 11.8 Å². The van der Waals surface area contributed by atoms with Crippen LogP contribution in [-0.4, -0.2) is 28.4 Å². The van der Waals surface area contributed by atoms with Gasteiger partial charge in [-0.2, -0.15) is 0 Å². The number of nitrogens with zero attached hydrogens (tertiary/aromatic N) is 1. The maximum atomic E-state index is 13.1. The van der Waals surface area contributed by atoms with E-state index in [1.807, 2.05) is 0 Å². The van der Waals surface area contributed by atoms with Crippen LogP contribution in [0.3, 0.4) is 0 Å². The Kier molecular flexibility index (Phi) is 2.77. The van der Waals surface area contributed by atoms with Gasteiger partial charge in [-0.3, -0.25) is 9.59 Å². The van der Waals surface area contributed by atoms with E-state index in [1.54, 1.807) is 11.0 Å². The molecule has 2 unspecified atom stereocenters. The number of carboxylic acid groups (broad SMARTS) is 1. The van der Waals surface area contributed by atoms with Gasteiger partial charge < -0.3 is 10.0 Å². The fraction of sp³-hybridized carbons (Fsp3) is 0.429. The van der Waals surface area contributed by atoms with Crippen molar-refractivity contribution in [3.05, 3.63) is 35.1 Å². The molecule has 4 nitrogen and oxygen atoms in total. The SMILES string of the molecule is O=C(O)C1CC1C(=O)N1CCc2cc(F)ccc2C1. The lowest BCUT2D eigenvalue weighted by molar-refractivity contribution is -0.142. The first-order valence-electron chi connectivity index (χ1n) is 6.35. The second kappa shape index (κ2) is 4.33. The van der Waals surface area contributed by atoms with Crippen molar-refractivity contribution >= 4 is 11.9 Å². The number of carbonyl (C=O) groups excluding carboxylic acids is 1. The fourth-order valence-corrected chi connectivity index (χ4v) is 2.69. The van der Waals surface area contributed by atoms with Crippen LogP contribution in [0, 0.1) is 17.7 Å². The topological polar surface area (TPSA) is 57.6 Å². The lowest BCUT2D eigenvalue weighted by Gasteiger charge is -2.29. The van der Waals surface area contributed by atoms with Crippen molar-refractivity contribution in [1.82, 2.24) is 4.90 Å². The maximum Gasteiger partial charge on any atom is 0.307 e. The lowest BCUT2D eigenvalue weighted by atomic mass is 9.99. The van der Waals surface area contributed by atoms with Crippen molar-refractivity contribution in [3.63, 3.8) is 0 Å². The quantitative estimate of drug-likeness (QED) is 0.878. The first kappa shape index (κ1) is 12.1. The molecular weight excluding hydrogens is 249 g/mol. The Morgan fingerprint density at radius 1 is 1.26 bits per heavy atom. The van der Waals surface area contributed by atoms with E-state index in [2.05, 4.69) is 0 Å². The molecular formula is C14H14FNO3. The molecule has 1 heterocycles. The van der Waals surface area contributed by atoms with Crippen molar-refractivity contribution < 1.29 is 19.1 Å². The van der Waals surface area contributed by atoms with Crippen LogP contribution in [-0.2, 0) is 22.6 Å². The zero-order valence-electron chi connectivity index (χ0n) is 10.3. The number of aliphatic carboxylic acids is 1. The summed E-state index contributed by atoms with van der Waals surface area (Å²) in [6.07, 6.45) is 1.07. The third-order valence-electron chi connectivity index (χ3n) is 3.92. The van der Waals surface area contributed by atoms with Gasteiger partial charge in [0.25, 0.3) is 0 Å². The summed E-state index contributed by atoms with van der Waals surface area (Å²) in [6, 6.07) is 4.60. The van der Waals surface area contributed by atoms with Crippen LogP contribution in [0.25, 0.3) is 0 Å². The Morgan fingerprint density at radius 2 is 2.05 bits per heavy atom. The monoisotopic (exact) mass is 263 g/mol. The summed E-state index contributed by atoms with van der Waals surface area (Å²) in [6.45, 7) is 0.995. The summed E-state index contributed by atoms with van der Waals surface area (Å²) in [4.78, 5) is 24.6. The van der Waals surface area contributed by atoms with Crippen LogP contribution in [0.2, 0.25) is 0 Å². The van der Waals surface area contributed by atoms with E-state index in [0.29, 0.717) is 25.9 Å². The molecule has 0 radical (unpaired) electrons. The molecule has 0 bridgehead atoms. The zero-order valence-corrected chi connectivity index (χ0v) is 10.3. The minimum Gasteiger partial charge on any atom is -0.481 e. The third kappa shape index (κ3) is 2.20. The number of halogens is 1. The van der Waals surface area contributed by atoms with Gasteiger partial charge in [-0.15, -0.1) is 0 Å². The summed E-state index contributed by atoms with van der Waals surface area (Å²) < 4.78 is 13.1. The molecule has 1 aromatic carbocycles. The van der Waals surface area contributed by atoms with Gasteiger partial charge in [0, 0.05) is 13.1 Å². The molecule has 19 heavy (non-hydrogen) atoms. The van der Waals surface area contributed by atoms with Crippen LogP contribution in [0.15, 0.2) is 18.2 Å². The van der Waals surface area contributed by atoms with Crippen LogP contribution in [0.4, 0.5) is 4.39 Å². The zero-order chi connectivity index (χ0) is 13.6. The van der Waals surface area contributed by atoms with Gasteiger partial charge in [-0.05, 0) is 36.1 Å². The predicted octanol–water partition coefficient (Wildman–Crippen LogP) is 1.43. The molecule has 0 spiro atoms. The Hall–Kier alpha value is -1.91. The van der Waals surface area contributed by atoms with Gasteiger partial charge in [-0.25, -0.2) is 4.39 Å². The number of amides is 1. The second-order valence-corrected chi connectivity index (χ2v) is 5.21. The van der Waals surface area contributed by atoms with Gasteiger partial charge in [0.2, 0.25) is 5.91 Å². The van der Waals surface area contributed by atoms with Gasteiger partial charge in [0.1, 0.15) is 5.82 Å². The average molecular weight is 263 g/mol. The Labute approximate surface area is 109 Å². The molecule has 1 aliphatic carbocycles. The minimum absolute atomic E-state index is 0.0811. The average Bonchev–Trinajstić information content (AvgIpc) is 3.17. The van der Waals surface area contributed by atoms with E-state index < -0.39 is 11.9 Å². The van der Waals surface area contributed by atoms with E-state index in [9.17, 15) is 14.0 Å². The molecule has 5 heteroatoms. The summed E-state index contributed by atoms with van der Waals surface area (Å²) in [7, 11) is 0. The lowest BCUT2D eigenvalue weighted by Crippen LogP contribution is -2.37. The molecule has 2 aliphatic rings. The van der Waals surface area contributed by atoms with Gasteiger partial charge >= 0.3 is 5.97 Å². The summed E-state index contributed by atoms with van der Waals surface area (Å²) in [5.41, 5.74) is 1.89. The fourth-order valence-electron chi connectivity index (χ4n) is 2.69. The highest BCUT2D eigenvalue weighted by Gasteiger charge is 2.49. The Bertz CT molecular complexity index is 558. The highest BCUT2D eigenvalue weighted by Crippen LogP contribution is 2.40. The molecule has 1 aromatic rings. The second-order valence-electron chi connectivity index (χ2n) is 5.21. The Morgan fingerprint density at radius 3 is 2.74 bits per heavy atom. The van der Waals surface area contributed by atoms with E-state index >= 15 is 0 Å². The first-order chi connectivity index (χ1) is 9.06. The standard InChI is InChI=1S/C14H14FNO3/c15-10-2-1-9-7-16(4-3-8(9)5-10)13(17)11-6-12(11)14(18)19/h1-2,5,11-12H,3-4,6-7H2,(H,18,19). The maximum absolute atomic E-state index is 13.1. The van der Waals surface area contributed by atoms with E-state index in [0.717, 1.165) is 11.1 Å². The van der Waals surface area contributed by atoms with Crippen LogP contribution in [0.1, 0.15) is 17.5 Å². The largest absolute Gasteiger partial charge is 0.481 e. The number of hydrogen-bond donors (Lipinski definition) is 1. The van der Waals surface area contributed by atoms with E-state index in [-0.39, 0.29) is 17.6 Å². The van der Waals surface area contributed by atoms with E-state index in [4.69, 9.17) is 5.11 Å². The molecule has 0 saturated heterocycles. The first-order valence-corrected chi connectivity index (χ1v) is 6.35. The van der Waals surface area contributed by atoms with Crippen LogP contribution in [0.5, 0.6) is 0 Å². The van der Waals surface area contributed by atoms with Crippen molar-refractivity contribution in [2.75, 3.05) is 6.54 Å². The molecule has 1 amide bonds.